The van der Waals surface area contributed by atoms with Crippen molar-refractivity contribution in [2.75, 3.05) is 36.8 Å². The summed E-state index contributed by atoms with van der Waals surface area (Å²) in [5.74, 6) is 0. The number of ether oxygens (including phenoxy) is 1. The summed E-state index contributed by atoms with van der Waals surface area (Å²) in [6.07, 6.45) is 0. The Hall–Kier alpha value is 2.74. The Bertz CT molecular complexity index is 43.1. The Kier molecular flexibility index (Phi) is 106. The van der Waals surface area contributed by atoms with Crippen molar-refractivity contribution in [2.24, 2.45) is 0 Å². The molecule has 0 aromatic carbocycles. The van der Waals surface area contributed by atoms with E-state index in [2.05, 4.69) is 52.5 Å². The number of halogens is 3. The standard InChI is InChI=1S/C3H7BrO.C2H4Br2.CH4O.2W/c1-5-3-2-4;3-1-2-4;1-2;;/h2-3H2,1H3;1-2H2;2H,1H3;;. The van der Waals surface area contributed by atoms with Gasteiger partial charge < -0.3 is 9.84 Å². The second kappa shape index (κ2) is 46.5. The molecule has 0 saturated carbocycles. The molecule has 0 aromatic rings. The average molecular weight is 727 g/mol. The van der Waals surface area contributed by atoms with Gasteiger partial charge >= 0.3 is 0 Å². The van der Waals surface area contributed by atoms with E-state index in [9.17, 15) is 0 Å². The van der Waals surface area contributed by atoms with Gasteiger partial charge in [0.2, 0.25) is 0 Å². The maximum atomic E-state index is 7.00. The van der Waals surface area contributed by atoms with Crippen LogP contribution in [0.5, 0.6) is 0 Å². The van der Waals surface area contributed by atoms with Crippen LogP contribution < -0.4 is 0 Å². The number of hydrogen-bond acceptors (Lipinski definition) is 2. The smallest absolute Gasteiger partial charge is 0.0559 e. The van der Waals surface area contributed by atoms with Gasteiger partial charge in [0, 0.05) is 72.3 Å². The van der Waals surface area contributed by atoms with Gasteiger partial charge in [-0.15, -0.1) is 0 Å². The van der Waals surface area contributed by atoms with Crippen molar-refractivity contribution < 1.29 is 52.0 Å². The second-order valence-corrected chi connectivity index (χ2v) is 3.44. The van der Waals surface area contributed by atoms with Gasteiger partial charge in [0.05, 0.1) is 6.61 Å². The van der Waals surface area contributed by atoms with Gasteiger partial charge in [0.25, 0.3) is 0 Å². The zero-order valence-electron chi connectivity index (χ0n) is 7.63. The van der Waals surface area contributed by atoms with Crippen molar-refractivity contribution >= 4 is 47.8 Å². The monoisotopic (exact) mass is 724 g/mol. The van der Waals surface area contributed by atoms with Gasteiger partial charge in [-0.25, -0.2) is 0 Å². The Morgan fingerprint density at radius 2 is 1.23 bits per heavy atom. The summed E-state index contributed by atoms with van der Waals surface area (Å²) >= 11 is 9.59. The van der Waals surface area contributed by atoms with E-state index >= 15 is 0 Å². The van der Waals surface area contributed by atoms with Crippen LogP contribution in [-0.4, -0.2) is 41.9 Å². The van der Waals surface area contributed by atoms with Gasteiger partial charge in [-0.05, 0) is 0 Å². The molecule has 0 aromatic heterocycles. The largest absolute Gasteiger partial charge is 0.400 e. The molecule has 0 spiro atoms. The molecule has 0 atom stereocenters. The molecule has 84 valence electrons. The van der Waals surface area contributed by atoms with E-state index in [-0.39, 0.29) is 42.1 Å². The molecule has 0 amide bonds. The normalized spacial score (nSPS) is 6.00. The minimum atomic E-state index is 0. The molecule has 0 aliphatic heterocycles. The van der Waals surface area contributed by atoms with E-state index in [0.29, 0.717) is 0 Å². The summed E-state index contributed by atoms with van der Waals surface area (Å²) in [5, 5.41) is 10.0. The first kappa shape index (κ1) is 29.6. The molecule has 0 saturated heterocycles. The fourth-order valence-electron chi connectivity index (χ4n) is 0.0772. The predicted molar refractivity (Wildman–Crippen MR) is 61.4 cm³/mol. The van der Waals surface area contributed by atoms with Crippen LogP contribution >= 0.6 is 47.8 Å². The van der Waals surface area contributed by atoms with Crippen LogP contribution in [0, 0.1) is 0 Å². The SMILES string of the molecule is BrCCBr.CO.COCCBr.[W].[W]. The fraction of sp³-hybridized carbons (Fsp3) is 1.00. The van der Waals surface area contributed by atoms with Gasteiger partial charge in [0.1, 0.15) is 0 Å². The van der Waals surface area contributed by atoms with Crippen molar-refractivity contribution in [3.8, 4) is 0 Å². The van der Waals surface area contributed by atoms with E-state index in [1.165, 1.54) is 0 Å². The summed E-state index contributed by atoms with van der Waals surface area (Å²) in [6, 6.07) is 0. The number of aliphatic hydroxyl groups excluding tert-OH is 1. The number of rotatable bonds is 3. The maximum absolute atomic E-state index is 7.00. The Balaban J connectivity index is -0.0000000246. The molecule has 7 heteroatoms. The van der Waals surface area contributed by atoms with Crippen molar-refractivity contribution in [1.82, 2.24) is 0 Å². The Labute approximate surface area is 135 Å². The molecular formula is C6H15Br3O2W2. The number of methoxy groups -OCH3 is 1. The average Bonchev–Trinajstić information content (AvgIpc) is 2.10. The van der Waals surface area contributed by atoms with Crippen LogP contribution in [0.3, 0.4) is 0 Å². The zero-order valence-corrected chi connectivity index (χ0v) is 18.3. The second-order valence-electron chi connectivity index (χ2n) is 1.06. The molecular weight excluding hydrogens is 711 g/mol. The number of aliphatic hydroxyl groups is 1. The summed E-state index contributed by atoms with van der Waals surface area (Å²) < 4.78 is 4.64. The molecule has 0 unspecified atom stereocenters. The van der Waals surface area contributed by atoms with Gasteiger partial charge in [-0.3, -0.25) is 0 Å². The molecule has 0 aliphatic carbocycles. The summed E-state index contributed by atoms with van der Waals surface area (Å²) in [5.41, 5.74) is 0. The molecule has 1 N–H and O–H groups in total. The van der Waals surface area contributed by atoms with E-state index in [0.717, 1.165) is 29.7 Å². The van der Waals surface area contributed by atoms with Crippen molar-refractivity contribution in [1.29, 1.82) is 0 Å². The molecule has 0 heterocycles. The number of hydrogen-bond donors (Lipinski definition) is 1. The first-order valence-corrected chi connectivity index (χ1v) is 6.31. The van der Waals surface area contributed by atoms with Crippen LogP contribution in [0.15, 0.2) is 0 Å². The van der Waals surface area contributed by atoms with E-state index in [1.54, 1.807) is 7.11 Å². The third-order valence-corrected chi connectivity index (χ3v) is 2.53. The molecule has 0 aliphatic rings. The Morgan fingerprint density at radius 3 is 1.23 bits per heavy atom. The molecule has 0 radical (unpaired) electrons. The van der Waals surface area contributed by atoms with Crippen LogP contribution in [0.1, 0.15) is 0 Å². The van der Waals surface area contributed by atoms with E-state index in [1.807, 2.05) is 0 Å². The van der Waals surface area contributed by atoms with Gasteiger partial charge in [-0.1, -0.05) is 47.8 Å². The molecule has 0 fully saturated rings. The third-order valence-electron chi connectivity index (χ3n) is 0.353. The van der Waals surface area contributed by atoms with Crippen LogP contribution in [0.4, 0.5) is 0 Å². The fourth-order valence-corrected chi connectivity index (χ4v) is 0.401. The quantitative estimate of drug-likeness (QED) is 0.454. The summed E-state index contributed by atoms with van der Waals surface area (Å²) in [7, 11) is 2.68. The van der Waals surface area contributed by atoms with E-state index < -0.39 is 0 Å². The van der Waals surface area contributed by atoms with Gasteiger partial charge in [-0.2, -0.15) is 0 Å². The van der Waals surface area contributed by atoms with Crippen molar-refractivity contribution in [3.63, 3.8) is 0 Å². The van der Waals surface area contributed by atoms with Crippen molar-refractivity contribution in [2.45, 2.75) is 0 Å². The molecule has 0 bridgehead atoms. The summed E-state index contributed by atoms with van der Waals surface area (Å²) in [4.78, 5) is 0. The number of alkyl halides is 3. The van der Waals surface area contributed by atoms with Crippen LogP contribution in [0.2, 0.25) is 0 Å². The van der Waals surface area contributed by atoms with Crippen molar-refractivity contribution in [3.05, 3.63) is 0 Å². The summed E-state index contributed by atoms with van der Waals surface area (Å²) in [6.45, 7) is 0.806. The maximum Gasteiger partial charge on any atom is 0.0559 e. The molecule has 2 nitrogen and oxygen atoms in total. The third kappa shape index (κ3) is 72.6. The minimum absolute atomic E-state index is 0. The first-order chi connectivity index (χ1) is 5.33. The Morgan fingerprint density at radius 1 is 0.923 bits per heavy atom. The van der Waals surface area contributed by atoms with Crippen LogP contribution in [0.25, 0.3) is 0 Å². The minimum Gasteiger partial charge on any atom is -0.400 e. The molecule has 13 heavy (non-hydrogen) atoms. The zero-order chi connectivity index (χ0) is 9.54. The first-order valence-electron chi connectivity index (χ1n) is 2.95. The topological polar surface area (TPSA) is 29.5 Å². The predicted octanol–water partition coefficient (Wildman–Crippen LogP) is 2.41. The van der Waals surface area contributed by atoms with Gasteiger partial charge in [0.15, 0.2) is 0 Å². The molecule has 0 rings (SSSR count). The van der Waals surface area contributed by atoms with E-state index in [4.69, 9.17) is 5.11 Å². The van der Waals surface area contributed by atoms with Crippen LogP contribution in [-0.2, 0) is 46.9 Å².